The predicted octanol–water partition coefficient (Wildman–Crippen LogP) is 4.34. The van der Waals surface area contributed by atoms with Gasteiger partial charge in [0.1, 0.15) is 5.60 Å². The molecule has 5 nitrogen and oxygen atoms in total. The molecule has 2 aliphatic rings. The first-order valence-electron chi connectivity index (χ1n) is 10.2. The summed E-state index contributed by atoms with van der Waals surface area (Å²) in [7, 11) is 0. The highest BCUT2D eigenvalue weighted by Crippen LogP contribution is 2.52. The number of nitrogens with zero attached hydrogens (tertiary/aromatic N) is 2. The molecule has 6 rings (SSSR count). The lowest BCUT2D eigenvalue weighted by atomic mass is 9.94. The first-order valence-corrected chi connectivity index (χ1v) is 10.2. The topological polar surface area (TPSA) is 53.4 Å². The quantitative estimate of drug-likeness (QED) is 0.463. The molecular formula is C26H20N2O3. The first-order chi connectivity index (χ1) is 15.1. The summed E-state index contributed by atoms with van der Waals surface area (Å²) in [5.74, 6) is -0.855. The number of hydrogen-bond donors (Lipinski definition) is 0. The van der Waals surface area contributed by atoms with Gasteiger partial charge >= 0.3 is 0 Å². The molecule has 0 radical (unpaired) electrons. The third-order valence-electron chi connectivity index (χ3n) is 6.26. The minimum absolute atomic E-state index is 0.136. The number of fused-ring (bicyclic) bond motifs is 6. The Kier molecular flexibility index (Phi) is 3.67. The van der Waals surface area contributed by atoms with Crippen LogP contribution in [0.15, 0.2) is 90.2 Å². The van der Waals surface area contributed by atoms with Crippen molar-refractivity contribution in [3.63, 3.8) is 0 Å². The van der Waals surface area contributed by atoms with Crippen LogP contribution in [0.2, 0.25) is 0 Å². The van der Waals surface area contributed by atoms with E-state index in [-0.39, 0.29) is 12.2 Å². The SMILES string of the molecule is C=CC1(c2ccc(C)cc2)COC2(O1)c1ccccc1-n1c2nc2ccccc2c1=O. The summed E-state index contributed by atoms with van der Waals surface area (Å²) in [6.07, 6.45) is 1.77. The van der Waals surface area contributed by atoms with Crippen LogP contribution in [0, 0.1) is 6.92 Å². The van der Waals surface area contributed by atoms with Crippen LogP contribution < -0.4 is 5.56 Å². The van der Waals surface area contributed by atoms with Crippen LogP contribution in [0.1, 0.15) is 22.5 Å². The van der Waals surface area contributed by atoms with Crippen LogP contribution in [-0.2, 0) is 20.9 Å². The van der Waals surface area contributed by atoms with Crippen molar-refractivity contribution in [2.24, 2.45) is 0 Å². The number of para-hydroxylation sites is 2. The number of benzene rings is 3. The van der Waals surface area contributed by atoms with E-state index in [9.17, 15) is 4.79 Å². The molecule has 0 bridgehead atoms. The molecular weight excluding hydrogens is 388 g/mol. The maximum atomic E-state index is 13.5. The summed E-state index contributed by atoms with van der Waals surface area (Å²) in [5, 5.41) is 0.560. The molecule has 0 N–H and O–H groups in total. The summed E-state index contributed by atoms with van der Waals surface area (Å²) in [6, 6.07) is 23.1. The highest BCUT2D eigenvalue weighted by atomic mass is 16.8. The maximum absolute atomic E-state index is 13.5. The van der Waals surface area contributed by atoms with Crippen molar-refractivity contribution in [3.05, 3.63) is 118 Å². The van der Waals surface area contributed by atoms with E-state index >= 15 is 0 Å². The van der Waals surface area contributed by atoms with Gasteiger partial charge in [0.15, 0.2) is 5.82 Å². The van der Waals surface area contributed by atoms with Crippen LogP contribution in [-0.4, -0.2) is 16.2 Å². The number of hydrogen-bond acceptors (Lipinski definition) is 4. The molecule has 2 unspecified atom stereocenters. The smallest absolute Gasteiger partial charge is 0.266 e. The Balaban J connectivity index is 1.63. The fraction of sp³-hybridized carbons (Fsp3) is 0.154. The minimum Gasteiger partial charge on any atom is -0.336 e. The van der Waals surface area contributed by atoms with Gasteiger partial charge in [0.2, 0.25) is 0 Å². The van der Waals surface area contributed by atoms with Crippen molar-refractivity contribution in [1.82, 2.24) is 9.55 Å². The molecule has 5 heteroatoms. The van der Waals surface area contributed by atoms with Gasteiger partial charge in [-0.15, -0.1) is 0 Å². The minimum atomic E-state index is -1.29. The molecule has 0 saturated carbocycles. The van der Waals surface area contributed by atoms with Crippen LogP contribution >= 0.6 is 0 Å². The van der Waals surface area contributed by atoms with E-state index in [1.807, 2.05) is 73.7 Å². The standard InChI is InChI=1S/C26H20N2O3/c1-3-25(18-14-12-17(2)13-15-18)16-30-26(31-25)20-9-5-7-11-22(20)28-23(29)19-8-4-6-10-21(19)27-24(26)28/h3-15H,1,16H2,2H3. The Labute approximate surface area is 179 Å². The van der Waals surface area contributed by atoms with Gasteiger partial charge in [-0.3, -0.25) is 9.36 Å². The molecule has 2 aliphatic heterocycles. The van der Waals surface area contributed by atoms with Crippen LogP contribution in [0.3, 0.4) is 0 Å². The lowest BCUT2D eigenvalue weighted by Crippen LogP contribution is -2.34. The number of aromatic nitrogens is 2. The highest BCUT2D eigenvalue weighted by molar-refractivity contribution is 5.78. The van der Waals surface area contributed by atoms with Gasteiger partial charge in [-0.1, -0.05) is 72.8 Å². The maximum Gasteiger partial charge on any atom is 0.266 e. The largest absolute Gasteiger partial charge is 0.336 e. The molecule has 1 aromatic heterocycles. The summed E-state index contributed by atoms with van der Waals surface area (Å²) in [4.78, 5) is 18.3. The van der Waals surface area contributed by atoms with Gasteiger partial charge in [-0.2, -0.15) is 0 Å². The molecule has 0 aliphatic carbocycles. The monoisotopic (exact) mass is 408 g/mol. The molecule has 1 spiro atoms. The second-order valence-electron chi connectivity index (χ2n) is 8.08. The van der Waals surface area contributed by atoms with Crippen LogP contribution in [0.4, 0.5) is 0 Å². The molecule has 1 saturated heterocycles. The van der Waals surface area contributed by atoms with Gasteiger partial charge in [0.05, 0.1) is 23.2 Å². The first kappa shape index (κ1) is 18.2. The van der Waals surface area contributed by atoms with E-state index in [4.69, 9.17) is 14.5 Å². The van der Waals surface area contributed by atoms with Crippen molar-refractivity contribution < 1.29 is 9.47 Å². The van der Waals surface area contributed by atoms with Crippen molar-refractivity contribution in [2.75, 3.05) is 6.61 Å². The Morgan fingerprint density at radius 3 is 2.58 bits per heavy atom. The van der Waals surface area contributed by atoms with E-state index in [1.165, 1.54) is 0 Å². The predicted molar refractivity (Wildman–Crippen MR) is 118 cm³/mol. The summed E-state index contributed by atoms with van der Waals surface area (Å²) >= 11 is 0. The molecule has 152 valence electrons. The van der Waals surface area contributed by atoms with E-state index in [0.717, 1.165) is 22.4 Å². The number of aryl methyl sites for hydroxylation is 1. The zero-order valence-corrected chi connectivity index (χ0v) is 17.0. The Morgan fingerprint density at radius 1 is 1.03 bits per heavy atom. The molecule has 3 heterocycles. The van der Waals surface area contributed by atoms with Crippen molar-refractivity contribution in [3.8, 4) is 5.69 Å². The van der Waals surface area contributed by atoms with E-state index in [2.05, 4.69) is 6.58 Å². The van der Waals surface area contributed by atoms with Crippen molar-refractivity contribution >= 4 is 10.9 Å². The van der Waals surface area contributed by atoms with Crippen molar-refractivity contribution in [2.45, 2.75) is 18.3 Å². The third-order valence-corrected chi connectivity index (χ3v) is 6.26. The van der Waals surface area contributed by atoms with Crippen molar-refractivity contribution in [1.29, 1.82) is 0 Å². The molecule has 0 amide bonds. The zero-order chi connectivity index (χ0) is 21.2. The van der Waals surface area contributed by atoms with E-state index < -0.39 is 11.4 Å². The fourth-order valence-corrected chi connectivity index (χ4v) is 4.61. The molecule has 3 aromatic carbocycles. The van der Waals surface area contributed by atoms with Gasteiger partial charge < -0.3 is 9.47 Å². The molecule has 1 fully saturated rings. The normalized spacial score (nSPS) is 23.8. The molecule has 31 heavy (non-hydrogen) atoms. The fourth-order valence-electron chi connectivity index (χ4n) is 4.61. The Bertz CT molecular complexity index is 1420. The zero-order valence-electron chi connectivity index (χ0n) is 17.0. The van der Waals surface area contributed by atoms with E-state index in [0.29, 0.717) is 16.7 Å². The summed E-state index contributed by atoms with van der Waals surface area (Å²) in [5.41, 5.74) is 3.22. The van der Waals surface area contributed by atoms with Gasteiger partial charge in [0, 0.05) is 5.56 Å². The lowest BCUT2D eigenvalue weighted by molar-refractivity contribution is -0.159. The third kappa shape index (κ3) is 2.33. The summed E-state index contributed by atoms with van der Waals surface area (Å²) < 4.78 is 14.8. The average Bonchev–Trinajstić information content (AvgIpc) is 3.33. The van der Waals surface area contributed by atoms with Crippen LogP contribution in [0.25, 0.3) is 16.6 Å². The number of ether oxygens (including phenoxy) is 2. The van der Waals surface area contributed by atoms with E-state index in [1.54, 1.807) is 16.7 Å². The molecule has 4 aromatic rings. The second-order valence-corrected chi connectivity index (χ2v) is 8.08. The lowest BCUT2D eigenvalue weighted by Gasteiger charge is -2.28. The Morgan fingerprint density at radius 2 is 1.77 bits per heavy atom. The molecule has 2 atom stereocenters. The average molecular weight is 408 g/mol. The van der Waals surface area contributed by atoms with Crippen LogP contribution in [0.5, 0.6) is 0 Å². The highest BCUT2D eigenvalue weighted by Gasteiger charge is 2.58. The van der Waals surface area contributed by atoms with Gasteiger partial charge in [-0.25, -0.2) is 4.98 Å². The van der Waals surface area contributed by atoms with Gasteiger partial charge in [-0.05, 0) is 30.7 Å². The number of rotatable bonds is 2. The summed E-state index contributed by atoms with van der Waals surface area (Å²) in [6.45, 7) is 6.36. The second kappa shape index (κ2) is 6.23. The Hall–Kier alpha value is -3.54. The van der Waals surface area contributed by atoms with Gasteiger partial charge in [0.25, 0.3) is 11.3 Å².